The van der Waals surface area contributed by atoms with Gasteiger partial charge in [-0.1, -0.05) is 23.7 Å². The fourth-order valence-corrected chi connectivity index (χ4v) is 4.17. The van der Waals surface area contributed by atoms with Gasteiger partial charge >= 0.3 is 0 Å². The molecule has 1 aromatic carbocycles. The van der Waals surface area contributed by atoms with Crippen LogP contribution in [0.15, 0.2) is 41.6 Å². The number of fused-ring (bicyclic) bond motifs is 1. The molecular weight excluding hydrogens is 430 g/mol. The van der Waals surface area contributed by atoms with Crippen LogP contribution in [0.5, 0.6) is 0 Å². The monoisotopic (exact) mass is 451 g/mol. The van der Waals surface area contributed by atoms with Crippen LogP contribution < -0.4 is 10.9 Å². The van der Waals surface area contributed by atoms with Crippen LogP contribution in [0.1, 0.15) is 5.82 Å². The largest absolute Gasteiger partial charge is 0.374 e. The Morgan fingerprint density at radius 1 is 1.25 bits per heavy atom. The summed E-state index contributed by atoms with van der Waals surface area (Å²) in [6.07, 6.45) is 3.24. The molecule has 0 bridgehead atoms. The lowest BCUT2D eigenvalue weighted by Crippen LogP contribution is -2.42. The van der Waals surface area contributed by atoms with E-state index in [-0.39, 0.29) is 11.7 Å². The van der Waals surface area contributed by atoms with Crippen LogP contribution in [0.2, 0.25) is 5.02 Å². The highest BCUT2D eigenvalue weighted by Gasteiger charge is 2.20. The molecule has 3 aromatic heterocycles. The number of halogens is 1. The van der Waals surface area contributed by atoms with Gasteiger partial charge in [0.2, 0.25) is 0 Å². The smallest absolute Gasteiger partial charge is 0.260 e. The summed E-state index contributed by atoms with van der Waals surface area (Å²) < 4.78 is 9.14. The van der Waals surface area contributed by atoms with Gasteiger partial charge in [0, 0.05) is 53.4 Å². The predicted octanol–water partition coefficient (Wildman–Crippen LogP) is 2.20. The second-order valence-electron chi connectivity index (χ2n) is 7.80. The highest BCUT2D eigenvalue weighted by atomic mass is 35.5. The number of morpholine rings is 1. The summed E-state index contributed by atoms with van der Waals surface area (Å²) in [5.74, 6) is 1.18. The van der Waals surface area contributed by atoms with Crippen molar-refractivity contribution in [3.8, 4) is 22.5 Å². The first kappa shape index (κ1) is 20.7. The lowest BCUT2D eigenvalue weighted by Gasteiger charge is -2.25. The van der Waals surface area contributed by atoms with E-state index in [2.05, 4.69) is 25.4 Å². The van der Waals surface area contributed by atoms with Gasteiger partial charge in [0.05, 0.1) is 19.3 Å². The molecule has 0 spiro atoms. The normalized spacial score (nSPS) is 16.5. The van der Waals surface area contributed by atoms with E-state index in [9.17, 15) is 4.79 Å². The standard InChI is InChI=1S/C22H22ClN7O2/c1-13-25-9-15-7-18(17-4-3-14(8-19(17)23)20-26-12-29(2)28-20)22(31)30(21(15)27-13)11-16-10-24-5-6-32-16/h3-4,7-9,12,16,24H,5-6,10-11H2,1-2H3/t16-/m1/s1. The number of nitrogens with zero attached hydrogens (tertiary/aromatic N) is 6. The Morgan fingerprint density at radius 2 is 2.12 bits per heavy atom. The summed E-state index contributed by atoms with van der Waals surface area (Å²) in [6.45, 7) is 4.29. The molecule has 0 radical (unpaired) electrons. The number of benzene rings is 1. The van der Waals surface area contributed by atoms with Gasteiger partial charge in [-0.25, -0.2) is 15.0 Å². The van der Waals surface area contributed by atoms with Crippen molar-refractivity contribution >= 4 is 22.6 Å². The molecule has 4 heterocycles. The minimum atomic E-state index is -0.171. The van der Waals surface area contributed by atoms with E-state index < -0.39 is 0 Å². The number of hydrogen-bond donors (Lipinski definition) is 1. The Morgan fingerprint density at radius 3 is 2.84 bits per heavy atom. The number of ether oxygens (including phenoxy) is 1. The molecule has 4 aromatic rings. The van der Waals surface area contributed by atoms with Crippen LogP contribution in [-0.4, -0.2) is 55.1 Å². The molecule has 5 rings (SSSR count). The van der Waals surface area contributed by atoms with E-state index in [1.165, 1.54) is 0 Å². The van der Waals surface area contributed by atoms with E-state index in [0.29, 0.717) is 53.1 Å². The summed E-state index contributed by atoms with van der Waals surface area (Å²) in [4.78, 5) is 26.7. The Kier molecular flexibility index (Phi) is 5.46. The molecule has 32 heavy (non-hydrogen) atoms. The number of aryl methyl sites for hydroxylation is 2. The van der Waals surface area contributed by atoms with E-state index in [1.807, 2.05) is 19.1 Å². The molecule has 1 saturated heterocycles. The summed E-state index contributed by atoms with van der Waals surface area (Å²) >= 11 is 6.64. The summed E-state index contributed by atoms with van der Waals surface area (Å²) in [6, 6.07) is 7.27. The fourth-order valence-electron chi connectivity index (χ4n) is 3.89. The number of rotatable bonds is 4. The molecule has 0 aliphatic carbocycles. The van der Waals surface area contributed by atoms with Gasteiger partial charge in [0.1, 0.15) is 17.8 Å². The van der Waals surface area contributed by atoms with Gasteiger partial charge in [0.15, 0.2) is 5.82 Å². The third-order valence-corrected chi connectivity index (χ3v) is 5.77. The van der Waals surface area contributed by atoms with E-state index in [0.717, 1.165) is 17.5 Å². The van der Waals surface area contributed by atoms with E-state index >= 15 is 0 Å². The van der Waals surface area contributed by atoms with Crippen molar-refractivity contribution in [2.24, 2.45) is 7.05 Å². The third kappa shape index (κ3) is 3.90. The number of aromatic nitrogens is 6. The zero-order valence-corrected chi connectivity index (χ0v) is 18.5. The van der Waals surface area contributed by atoms with E-state index in [4.69, 9.17) is 16.3 Å². The number of pyridine rings is 1. The molecule has 1 aliphatic rings. The zero-order valence-electron chi connectivity index (χ0n) is 17.7. The minimum Gasteiger partial charge on any atom is -0.374 e. The predicted molar refractivity (Wildman–Crippen MR) is 122 cm³/mol. The van der Waals surface area contributed by atoms with Crippen LogP contribution in [0.4, 0.5) is 0 Å². The first-order chi connectivity index (χ1) is 15.5. The van der Waals surface area contributed by atoms with Gasteiger partial charge in [0.25, 0.3) is 5.56 Å². The quantitative estimate of drug-likeness (QED) is 0.507. The zero-order chi connectivity index (χ0) is 22.2. The van der Waals surface area contributed by atoms with Crippen molar-refractivity contribution in [1.82, 2.24) is 34.6 Å². The maximum absolute atomic E-state index is 13.6. The first-order valence-electron chi connectivity index (χ1n) is 10.3. The molecule has 9 nitrogen and oxygen atoms in total. The Hall–Kier alpha value is -3.14. The molecule has 0 unspecified atom stereocenters. The maximum atomic E-state index is 13.6. The Labute approximate surface area is 189 Å². The average Bonchev–Trinajstić information content (AvgIpc) is 3.23. The molecule has 1 atom stereocenters. The highest BCUT2D eigenvalue weighted by molar-refractivity contribution is 6.33. The molecule has 1 N–H and O–H groups in total. The van der Waals surface area contributed by atoms with Crippen molar-refractivity contribution in [2.75, 3.05) is 19.7 Å². The topological polar surface area (TPSA) is 99.8 Å². The van der Waals surface area contributed by atoms with Gasteiger partial charge in [-0.15, -0.1) is 0 Å². The fraction of sp³-hybridized carbons (Fsp3) is 0.318. The van der Waals surface area contributed by atoms with Crippen LogP contribution >= 0.6 is 11.6 Å². The Bertz CT molecular complexity index is 1360. The molecule has 1 aliphatic heterocycles. The summed E-state index contributed by atoms with van der Waals surface area (Å²) in [5.41, 5.74) is 2.32. The second-order valence-corrected chi connectivity index (χ2v) is 8.21. The molecule has 1 fully saturated rings. The SMILES string of the molecule is Cc1ncc2cc(-c3ccc(-c4ncn(C)n4)cc3Cl)c(=O)n(C[C@H]3CNCCO3)c2n1. The van der Waals surface area contributed by atoms with Gasteiger partial charge in [-0.3, -0.25) is 14.0 Å². The van der Waals surface area contributed by atoms with Crippen molar-refractivity contribution in [3.63, 3.8) is 0 Å². The molecule has 10 heteroatoms. The first-order valence-corrected chi connectivity index (χ1v) is 10.7. The molecule has 0 amide bonds. The second kappa shape index (κ2) is 8.42. The van der Waals surface area contributed by atoms with Crippen LogP contribution in [0.25, 0.3) is 33.5 Å². The van der Waals surface area contributed by atoms with Crippen molar-refractivity contribution in [3.05, 3.63) is 58.0 Å². The van der Waals surface area contributed by atoms with Crippen molar-refractivity contribution in [1.29, 1.82) is 0 Å². The van der Waals surface area contributed by atoms with Crippen molar-refractivity contribution in [2.45, 2.75) is 19.6 Å². The van der Waals surface area contributed by atoms with E-state index in [1.54, 1.807) is 41.0 Å². The molecular formula is C22H22ClN7O2. The van der Waals surface area contributed by atoms with Crippen molar-refractivity contribution < 1.29 is 4.74 Å². The summed E-state index contributed by atoms with van der Waals surface area (Å²) in [7, 11) is 1.80. The van der Waals surface area contributed by atoms with Crippen LogP contribution in [-0.2, 0) is 18.3 Å². The maximum Gasteiger partial charge on any atom is 0.260 e. The van der Waals surface area contributed by atoms with Crippen LogP contribution in [0, 0.1) is 6.92 Å². The Balaban J connectivity index is 1.63. The van der Waals surface area contributed by atoms with Gasteiger partial charge in [-0.05, 0) is 19.1 Å². The molecule has 0 saturated carbocycles. The van der Waals surface area contributed by atoms with Gasteiger partial charge < -0.3 is 10.1 Å². The lowest BCUT2D eigenvalue weighted by atomic mass is 10.0. The average molecular weight is 452 g/mol. The highest BCUT2D eigenvalue weighted by Crippen LogP contribution is 2.31. The number of nitrogens with one attached hydrogen (secondary N) is 1. The van der Waals surface area contributed by atoms with Gasteiger partial charge in [-0.2, -0.15) is 5.10 Å². The third-order valence-electron chi connectivity index (χ3n) is 5.46. The summed E-state index contributed by atoms with van der Waals surface area (Å²) in [5, 5.41) is 8.83. The van der Waals surface area contributed by atoms with Crippen LogP contribution in [0.3, 0.4) is 0 Å². The number of hydrogen-bond acceptors (Lipinski definition) is 7. The lowest BCUT2D eigenvalue weighted by molar-refractivity contribution is 0.0183. The molecule has 164 valence electrons. The minimum absolute atomic E-state index is 0.122.